The number of ether oxygens (including phenoxy) is 1. The van der Waals surface area contributed by atoms with Crippen LogP contribution >= 0.6 is 0 Å². The minimum Gasteiger partial charge on any atom is -0.497 e. The van der Waals surface area contributed by atoms with E-state index < -0.39 is 34.1 Å². The Labute approximate surface area is 279 Å². The van der Waals surface area contributed by atoms with Crippen LogP contribution in [0.4, 0.5) is 5.69 Å². The van der Waals surface area contributed by atoms with E-state index >= 15 is 0 Å². The number of rotatable bonds is 12. The van der Waals surface area contributed by atoms with Crippen molar-refractivity contribution in [3.63, 3.8) is 0 Å². The number of methoxy groups -OCH3 is 1. The summed E-state index contributed by atoms with van der Waals surface area (Å²) in [6.07, 6.45) is 0.229. The van der Waals surface area contributed by atoms with Gasteiger partial charge in [0, 0.05) is 18.5 Å². The first-order chi connectivity index (χ1) is 22.2. The molecule has 248 valence electrons. The Bertz CT molecular complexity index is 1800. The smallest absolute Gasteiger partial charge is 0.264 e. The van der Waals surface area contributed by atoms with Crippen molar-refractivity contribution in [2.45, 2.75) is 71.0 Å². The standard InChI is InChI=1S/C38H45N3O5S/c1-27-17-20-33(21-18-27)47(44,45)41(34-22-28(2)16-19-29(34)3)26-36(42)40(25-31-14-11-15-32(23-31)46-7)35(37(43)39-38(4,5)6)24-30-12-9-8-10-13-30/h8-23,35H,24-26H2,1-7H3,(H,39,43)/t35-/m0/s1. The first-order valence-corrected chi connectivity index (χ1v) is 17.1. The number of sulfonamides is 1. The van der Waals surface area contributed by atoms with Gasteiger partial charge in [-0.05, 0) is 94.1 Å². The molecule has 4 aromatic rings. The average molecular weight is 656 g/mol. The SMILES string of the molecule is COc1cccc(CN(C(=O)CN(c2cc(C)ccc2C)S(=O)(=O)c2ccc(C)cc2)[C@@H](Cc2ccccc2)C(=O)NC(C)(C)C)c1. The number of anilines is 1. The molecular weight excluding hydrogens is 611 g/mol. The van der Waals surface area contributed by atoms with E-state index in [4.69, 9.17) is 4.74 Å². The normalized spacial score (nSPS) is 12.2. The molecule has 0 aliphatic carbocycles. The van der Waals surface area contributed by atoms with Crippen molar-refractivity contribution >= 4 is 27.5 Å². The van der Waals surface area contributed by atoms with Crippen LogP contribution in [0.2, 0.25) is 0 Å². The number of benzene rings is 4. The quantitative estimate of drug-likeness (QED) is 0.191. The molecule has 1 atom stereocenters. The highest BCUT2D eigenvalue weighted by atomic mass is 32.2. The zero-order valence-corrected chi connectivity index (χ0v) is 29.1. The fourth-order valence-corrected chi connectivity index (χ4v) is 6.78. The molecule has 0 aliphatic heterocycles. The van der Waals surface area contributed by atoms with Crippen molar-refractivity contribution in [1.29, 1.82) is 0 Å². The monoisotopic (exact) mass is 655 g/mol. The van der Waals surface area contributed by atoms with Gasteiger partial charge in [0.05, 0.1) is 17.7 Å². The maximum atomic E-state index is 14.7. The second-order valence-electron chi connectivity index (χ2n) is 12.9. The van der Waals surface area contributed by atoms with Gasteiger partial charge in [-0.2, -0.15) is 0 Å². The highest BCUT2D eigenvalue weighted by molar-refractivity contribution is 7.92. The number of nitrogens with zero attached hydrogens (tertiary/aromatic N) is 2. The third-order valence-electron chi connectivity index (χ3n) is 7.78. The van der Waals surface area contributed by atoms with E-state index in [0.717, 1.165) is 22.3 Å². The minimum atomic E-state index is -4.19. The van der Waals surface area contributed by atoms with Crippen LogP contribution < -0.4 is 14.4 Å². The Morgan fingerprint density at radius 3 is 2.09 bits per heavy atom. The summed E-state index contributed by atoms with van der Waals surface area (Å²) in [5.74, 6) is -0.251. The van der Waals surface area contributed by atoms with Crippen LogP contribution in [0.3, 0.4) is 0 Å². The largest absolute Gasteiger partial charge is 0.497 e. The van der Waals surface area contributed by atoms with Gasteiger partial charge in [-0.1, -0.05) is 72.3 Å². The van der Waals surface area contributed by atoms with E-state index in [0.29, 0.717) is 17.0 Å². The third kappa shape index (κ3) is 9.23. The zero-order chi connectivity index (χ0) is 34.4. The van der Waals surface area contributed by atoms with Gasteiger partial charge in [0.25, 0.3) is 10.0 Å². The average Bonchev–Trinajstić information content (AvgIpc) is 3.02. The van der Waals surface area contributed by atoms with E-state index in [-0.39, 0.29) is 23.8 Å². The lowest BCUT2D eigenvalue weighted by atomic mass is 10.0. The van der Waals surface area contributed by atoms with Crippen LogP contribution in [0, 0.1) is 20.8 Å². The van der Waals surface area contributed by atoms with Crippen LogP contribution in [0.5, 0.6) is 5.75 Å². The molecule has 0 saturated carbocycles. The molecule has 0 saturated heterocycles. The molecule has 0 unspecified atom stereocenters. The first-order valence-electron chi connectivity index (χ1n) is 15.6. The van der Waals surface area contributed by atoms with Crippen LogP contribution in [0.1, 0.15) is 48.6 Å². The van der Waals surface area contributed by atoms with Crippen molar-refractivity contribution in [3.8, 4) is 5.75 Å². The number of carbonyl (C=O) groups excluding carboxylic acids is 2. The van der Waals surface area contributed by atoms with E-state index in [1.807, 2.05) is 102 Å². The highest BCUT2D eigenvalue weighted by Gasteiger charge is 2.36. The molecule has 4 aromatic carbocycles. The molecular formula is C38H45N3O5S. The van der Waals surface area contributed by atoms with Gasteiger partial charge in [0.1, 0.15) is 18.3 Å². The van der Waals surface area contributed by atoms with E-state index in [1.54, 1.807) is 43.5 Å². The number of hydrogen-bond acceptors (Lipinski definition) is 5. The summed E-state index contributed by atoms with van der Waals surface area (Å²) < 4.78 is 35.3. The van der Waals surface area contributed by atoms with Gasteiger partial charge >= 0.3 is 0 Å². The summed E-state index contributed by atoms with van der Waals surface area (Å²) in [6.45, 7) is 10.8. The van der Waals surface area contributed by atoms with Crippen LogP contribution in [-0.2, 0) is 32.6 Å². The summed E-state index contributed by atoms with van der Waals surface area (Å²) >= 11 is 0. The Balaban J connectivity index is 1.86. The van der Waals surface area contributed by atoms with Gasteiger partial charge < -0.3 is 15.0 Å². The number of nitrogens with one attached hydrogen (secondary N) is 1. The zero-order valence-electron chi connectivity index (χ0n) is 28.3. The van der Waals surface area contributed by atoms with Crippen molar-refractivity contribution in [2.75, 3.05) is 18.0 Å². The Hall–Kier alpha value is -4.63. The minimum absolute atomic E-state index is 0.0519. The second-order valence-corrected chi connectivity index (χ2v) is 14.8. The fourth-order valence-electron chi connectivity index (χ4n) is 5.31. The second kappa shape index (κ2) is 14.9. The van der Waals surface area contributed by atoms with Crippen molar-refractivity contribution in [2.24, 2.45) is 0 Å². The molecule has 0 aromatic heterocycles. The number of aryl methyl sites for hydroxylation is 3. The topological polar surface area (TPSA) is 96.0 Å². The maximum Gasteiger partial charge on any atom is 0.264 e. The lowest BCUT2D eigenvalue weighted by Gasteiger charge is -2.35. The molecule has 8 nitrogen and oxygen atoms in total. The number of amides is 2. The van der Waals surface area contributed by atoms with E-state index in [1.165, 1.54) is 9.21 Å². The van der Waals surface area contributed by atoms with Crippen LogP contribution in [-0.4, -0.2) is 50.4 Å². The molecule has 0 spiro atoms. The fraction of sp³-hybridized carbons (Fsp3) is 0.316. The number of carbonyl (C=O) groups is 2. The molecule has 0 fully saturated rings. The molecule has 4 rings (SSSR count). The summed E-state index contributed by atoms with van der Waals surface area (Å²) in [5.41, 5.74) is 3.89. The first kappa shape index (κ1) is 35.2. The molecule has 0 aliphatic rings. The molecule has 0 radical (unpaired) electrons. The van der Waals surface area contributed by atoms with Gasteiger partial charge in [-0.25, -0.2) is 8.42 Å². The van der Waals surface area contributed by atoms with E-state index in [2.05, 4.69) is 5.32 Å². The molecule has 2 amide bonds. The molecule has 1 N–H and O–H groups in total. The lowest BCUT2D eigenvalue weighted by Crippen LogP contribution is -2.56. The van der Waals surface area contributed by atoms with Crippen molar-refractivity contribution in [3.05, 3.63) is 125 Å². The van der Waals surface area contributed by atoms with Gasteiger partial charge in [-0.15, -0.1) is 0 Å². The predicted octanol–water partition coefficient (Wildman–Crippen LogP) is 6.37. The van der Waals surface area contributed by atoms with Crippen molar-refractivity contribution in [1.82, 2.24) is 10.2 Å². The van der Waals surface area contributed by atoms with Crippen LogP contribution in [0.25, 0.3) is 0 Å². The summed E-state index contributed by atoms with van der Waals surface area (Å²) in [6, 6.07) is 27.9. The molecule has 9 heteroatoms. The predicted molar refractivity (Wildman–Crippen MR) is 187 cm³/mol. The summed E-state index contributed by atoms with van der Waals surface area (Å²) in [5, 5.41) is 3.06. The Morgan fingerprint density at radius 2 is 1.45 bits per heavy atom. The number of hydrogen-bond donors (Lipinski definition) is 1. The van der Waals surface area contributed by atoms with Gasteiger partial charge in [-0.3, -0.25) is 13.9 Å². The molecule has 0 bridgehead atoms. The van der Waals surface area contributed by atoms with Gasteiger partial charge in [0.15, 0.2) is 0 Å². The highest BCUT2D eigenvalue weighted by Crippen LogP contribution is 2.29. The molecule has 47 heavy (non-hydrogen) atoms. The summed E-state index contributed by atoms with van der Waals surface area (Å²) in [4.78, 5) is 30.4. The summed E-state index contributed by atoms with van der Waals surface area (Å²) in [7, 11) is -2.63. The molecule has 0 heterocycles. The Morgan fingerprint density at radius 1 is 0.809 bits per heavy atom. The Kier molecular flexibility index (Phi) is 11.1. The van der Waals surface area contributed by atoms with E-state index in [9.17, 15) is 18.0 Å². The maximum absolute atomic E-state index is 14.7. The van der Waals surface area contributed by atoms with Crippen molar-refractivity contribution < 1.29 is 22.7 Å². The lowest BCUT2D eigenvalue weighted by molar-refractivity contribution is -0.140. The van der Waals surface area contributed by atoms with Crippen LogP contribution in [0.15, 0.2) is 102 Å². The third-order valence-corrected chi connectivity index (χ3v) is 9.55. The van der Waals surface area contributed by atoms with Gasteiger partial charge in [0.2, 0.25) is 11.8 Å².